The lowest BCUT2D eigenvalue weighted by Crippen LogP contribution is -1.97. The minimum atomic E-state index is 0.0714. The SMILES string of the molecule is Nc1nonc1NC=O. The molecule has 1 aromatic rings. The maximum atomic E-state index is 9.75. The van der Waals surface area contributed by atoms with E-state index in [1.165, 1.54) is 0 Å². The topological polar surface area (TPSA) is 94.0 Å². The van der Waals surface area contributed by atoms with Gasteiger partial charge < -0.3 is 11.1 Å². The Labute approximate surface area is 50.0 Å². The quantitative estimate of drug-likeness (QED) is 0.509. The number of nitrogen functional groups attached to an aromatic ring is 1. The highest BCUT2D eigenvalue weighted by Crippen LogP contribution is 2.07. The van der Waals surface area contributed by atoms with E-state index in [9.17, 15) is 4.79 Å². The Bertz CT molecular complexity index is 207. The zero-order valence-corrected chi connectivity index (χ0v) is 4.37. The molecule has 6 heteroatoms. The summed E-state index contributed by atoms with van der Waals surface area (Å²) in [6.45, 7) is 0. The molecule has 0 saturated heterocycles. The van der Waals surface area contributed by atoms with E-state index in [0.29, 0.717) is 6.41 Å². The predicted molar refractivity (Wildman–Crippen MR) is 28.4 cm³/mol. The molecule has 0 spiro atoms. The number of nitrogens with one attached hydrogen (secondary N) is 1. The van der Waals surface area contributed by atoms with Gasteiger partial charge in [-0.05, 0) is 10.3 Å². The lowest BCUT2D eigenvalue weighted by Gasteiger charge is -1.85. The van der Waals surface area contributed by atoms with Crippen LogP contribution in [0.5, 0.6) is 0 Å². The zero-order chi connectivity index (χ0) is 6.69. The molecule has 1 aromatic heterocycles. The first kappa shape index (κ1) is 5.54. The van der Waals surface area contributed by atoms with Gasteiger partial charge >= 0.3 is 0 Å². The minimum Gasteiger partial charge on any atom is -0.378 e. The molecule has 0 saturated carbocycles. The van der Waals surface area contributed by atoms with Gasteiger partial charge in [0.25, 0.3) is 0 Å². The Balaban J connectivity index is 2.80. The Hall–Kier alpha value is -1.59. The normalized spacial score (nSPS) is 8.89. The third-order valence-corrected chi connectivity index (χ3v) is 0.710. The van der Waals surface area contributed by atoms with Crippen molar-refractivity contribution in [3.05, 3.63) is 0 Å². The van der Waals surface area contributed by atoms with Gasteiger partial charge in [0, 0.05) is 0 Å². The van der Waals surface area contributed by atoms with Crippen LogP contribution in [0.4, 0.5) is 11.6 Å². The van der Waals surface area contributed by atoms with Gasteiger partial charge in [0.1, 0.15) is 0 Å². The van der Waals surface area contributed by atoms with Gasteiger partial charge in [0.2, 0.25) is 18.0 Å². The van der Waals surface area contributed by atoms with Crippen molar-refractivity contribution in [1.82, 2.24) is 10.3 Å². The standard InChI is InChI=1S/C3H4N4O2/c4-2-3(5-1-8)7-9-6-2/h1H,(H2,4,6)(H,5,7,8). The summed E-state index contributed by atoms with van der Waals surface area (Å²) < 4.78 is 4.15. The highest BCUT2D eigenvalue weighted by molar-refractivity contribution is 5.73. The van der Waals surface area contributed by atoms with Crippen LogP contribution in [0.2, 0.25) is 0 Å². The molecule has 3 N–H and O–H groups in total. The number of anilines is 2. The molecule has 0 fully saturated rings. The molecule has 6 nitrogen and oxygen atoms in total. The zero-order valence-electron chi connectivity index (χ0n) is 4.37. The molecule has 0 aliphatic rings. The Morgan fingerprint density at radius 3 is 2.89 bits per heavy atom. The van der Waals surface area contributed by atoms with E-state index in [0.717, 1.165) is 0 Å². The highest BCUT2D eigenvalue weighted by Gasteiger charge is 2.01. The average molecular weight is 128 g/mol. The molecular formula is C3H4N4O2. The number of amides is 1. The van der Waals surface area contributed by atoms with Crippen LogP contribution >= 0.6 is 0 Å². The smallest absolute Gasteiger partial charge is 0.221 e. The number of nitrogens with zero attached hydrogens (tertiary/aromatic N) is 2. The predicted octanol–water partition coefficient (Wildman–Crippen LogP) is -0.780. The van der Waals surface area contributed by atoms with Gasteiger partial charge in [-0.15, -0.1) is 0 Å². The van der Waals surface area contributed by atoms with Crippen LogP contribution in [0.15, 0.2) is 4.63 Å². The molecule has 9 heavy (non-hydrogen) atoms. The molecule has 0 aromatic carbocycles. The van der Waals surface area contributed by atoms with Crippen LogP contribution in [0, 0.1) is 0 Å². The first-order valence-corrected chi connectivity index (χ1v) is 2.13. The van der Waals surface area contributed by atoms with Crippen LogP contribution in [0.3, 0.4) is 0 Å². The summed E-state index contributed by atoms with van der Waals surface area (Å²) in [6.07, 6.45) is 0.440. The first-order chi connectivity index (χ1) is 4.34. The Kier molecular flexibility index (Phi) is 1.31. The molecule has 0 radical (unpaired) electrons. The van der Waals surface area contributed by atoms with E-state index in [2.05, 4.69) is 20.3 Å². The lowest BCUT2D eigenvalue weighted by atomic mass is 10.7. The fourth-order valence-electron chi connectivity index (χ4n) is 0.351. The van der Waals surface area contributed by atoms with E-state index in [4.69, 9.17) is 5.73 Å². The van der Waals surface area contributed by atoms with Crippen molar-refractivity contribution >= 4 is 18.0 Å². The van der Waals surface area contributed by atoms with E-state index in [-0.39, 0.29) is 11.6 Å². The summed E-state index contributed by atoms with van der Waals surface area (Å²) in [7, 11) is 0. The number of carbonyl (C=O) groups is 1. The maximum absolute atomic E-state index is 9.75. The van der Waals surface area contributed by atoms with Gasteiger partial charge in [-0.2, -0.15) is 0 Å². The van der Waals surface area contributed by atoms with Crippen LogP contribution in [-0.4, -0.2) is 16.7 Å². The molecule has 0 unspecified atom stereocenters. The van der Waals surface area contributed by atoms with Crippen molar-refractivity contribution in [3.8, 4) is 0 Å². The molecule has 0 atom stereocenters. The van der Waals surface area contributed by atoms with Crippen molar-refractivity contribution in [2.75, 3.05) is 11.1 Å². The molecule has 1 rings (SSSR count). The van der Waals surface area contributed by atoms with E-state index in [1.807, 2.05) is 0 Å². The van der Waals surface area contributed by atoms with E-state index in [1.54, 1.807) is 0 Å². The second kappa shape index (κ2) is 2.12. The largest absolute Gasteiger partial charge is 0.378 e. The fourth-order valence-corrected chi connectivity index (χ4v) is 0.351. The monoisotopic (exact) mass is 128 g/mol. The van der Waals surface area contributed by atoms with Crippen molar-refractivity contribution in [1.29, 1.82) is 0 Å². The molecule has 0 aliphatic carbocycles. The third kappa shape index (κ3) is 0.958. The van der Waals surface area contributed by atoms with Crippen LogP contribution in [0.1, 0.15) is 0 Å². The number of hydrogen-bond acceptors (Lipinski definition) is 5. The molecule has 1 amide bonds. The van der Waals surface area contributed by atoms with Crippen molar-refractivity contribution in [2.24, 2.45) is 0 Å². The maximum Gasteiger partial charge on any atom is 0.221 e. The van der Waals surface area contributed by atoms with E-state index >= 15 is 0 Å². The summed E-state index contributed by atoms with van der Waals surface area (Å²) in [5.74, 6) is 0.215. The summed E-state index contributed by atoms with van der Waals surface area (Å²) in [5.41, 5.74) is 5.14. The van der Waals surface area contributed by atoms with Crippen LogP contribution in [-0.2, 0) is 4.79 Å². The first-order valence-electron chi connectivity index (χ1n) is 2.13. The Morgan fingerprint density at radius 2 is 2.44 bits per heavy atom. The number of aromatic nitrogens is 2. The Morgan fingerprint density at radius 1 is 1.67 bits per heavy atom. The van der Waals surface area contributed by atoms with Crippen molar-refractivity contribution in [3.63, 3.8) is 0 Å². The summed E-state index contributed by atoms with van der Waals surface area (Å²) in [4.78, 5) is 9.75. The van der Waals surface area contributed by atoms with Gasteiger partial charge in [-0.25, -0.2) is 4.63 Å². The van der Waals surface area contributed by atoms with Crippen LogP contribution in [0.25, 0.3) is 0 Å². The van der Waals surface area contributed by atoms with Gasteiger partial charge in [-0.1, -0.05) is 0 Å². The second-order valence-corrected chi connectivity index (χ2v) is 1.26. The van der Waals surface area contributed by atoms with Crippen LogP contribution < -0.4 is 11.1 Å². The number of hydrogen-bond donors (Lipinski definition) is 2. The summed E-state index contributed by atoms with van der Waals surface area (Å²) in [6, 6.07) is 0. The van der Waals surface area contributed by atoms with Gasteiger partial charge in [-0.3, -0.25) is 4.79 Å². The van der Waals surface area contributed by atoms with Crippen molar-refractivity contribution < 1.29 is 9.42 Å². The fraction of sp³-hybridized carbons (Fsp3) is 0. The molecule has 1 heterocycles. The number of nitrogens with two attached hydrogens (primary N) is 1. The highest BCUT2D eigenvalue weighted by atomic mass is 16.6. The minimum absolute atomic E-state index is 0.0714. The summed E-state index contributed by atoms with van der Waals surface area (Å²) >= 11 is 0. The molecule has 0 aliphatic heterocycles. The average Bonchev–Trinajstić information content (AvgIpc) is 2.18. The molecule has 0 bridgehead atoms. The number of carbonyl (C=O) groups excluding carboxylic acids is 1. The van der Waals surface area contributed by atoms with Crippen molar-refractivity contribution in [2.45, 2.75) is 0 Å². The number of rotatable bonds is 2. The molecule has 48 valence electrons. The van der Waals surface area contributed by atoms with E-state index < -0.39 is 0 Å². The second-order valence-electron chi connectivity index (χ2n) is 1.26. The van der Waals surface area contributed by atoms with Gasteiger partial charge in [0.15, 0.2) is 0 Å². The molecular weight excluding hydrogens is 124 g/mol. The lowest BCUT2D eigenvalue weighted by molar-refractivity contribution is -0.105. The third-order valence-electron chi connectivity index (χ3n) is 0.710. The van der Waals surface area contributed by atoms with Gasteiger partial charge in [0.05, 0.1) is 0 Å². The summed E-state index contributed by atoms with van der Waals surface area (Å²) in [5, 5.41) is 8.64.